The summed E-state index contributed by atoms with van der Waals surface area (Å²) in [5.74, 6) is 1.14. The molecule has 0 bridgehead atoms. The van der Waals surface area contributed by atoms with Gasteiger partial charge < -0.3 is 9.47 Å². The van der Waals surface area contributed by atoms with E-state index in [-0.39, 0.29) is 5.82 Å². The molecule has 9 heteroatoms. The number of aromatic nitrogens is 1. The van der Waals surface area contributed by atoms with Crippen LogP contribution in [0.15, 0.2) is 35.6 Å². The first kappa shape index (κ1) is 20.8. The highest BCUT2D eigenvalue weighted by atomic mass is 35.5. The second kappa shape index (κ2) is 9.45. The van der Waals surface area contributed by atoms with E-state index in [1.54, 1.807) is 12.1 Å². The molecule has 0 aliphatic heterocycles. The maximum atomic E-state index is 12.5. The normalized spacial score (nSPS) is 11.6. The summed E-state index contributed by atoms with van der Waals surface area (Å²) in [6.45, 7) is 4.77. The van der Waals surface area contributed by atoms with Crippen LogP contribution < -0.4 is 14.9 Å². The molecule has 1 heterocycles. The standard InChI is InChI=1S/C18H19ClF3N3O2/c1-3-7-27-17-14(19)8-12(9-15(17)26-4-2)10-24-25-16-6-5-13(11-23-16)18(20,21)22/h5-6,8-11H,3-4,7H2,1-2H3,(H,23,25)/b24-10-. The van der Waals surface area contributed by atoms with Gasteiger partial charge in [-0.25, -0.2) is 4.98 Å². The maximum absolute atomic E-state index is 12.5. The zero-order valence-corrected chi connectivity index (χ0v) is 15.6. The van der Waals surface area contributed by atoms with Crippen molar-refractivity contribution in [3.8, 4) is 11.5 Å². The molecule has 2 aromatic rings. The number of halogens is 4. The van der Waals surface area contributed by atoms with Gasteiger partial charge in [-0.1, -0.05) is 18.5 Å². The highest BCUT2D eigenvalue weighted by Gasteiger charge is 2.30. The van der Waals surface area contributed by atoms with E-state index < -0.39 is 11.7 Å². The number of ether oxygens (including phenoxy) is 2. The van der Waals surface area contributed by atoms with Crippen molar-refractivity contribution in [2.24, 2.45) is 5.10 Å². The van der Waals surface area contributed by atoms with Crippen molar-refractivity contribution >= 4 is 23.6 Å². The van der Waals surface area contributed by atoms with E-state index in [0.29, 0.717) is 35.3 Å². The highest BCUT2D eigenvalue weighted by molar-refractivity contribution is 6.32. The molecule has 0 atom stereocenters. The fraction of sp³-hybridized carbons (Fsp3) is 0.333. The van der Waals surface area contributed by atoms with Gasteiger partial charge in [0.2, 0.25) is 0 Å². The number of alkyl halides is 3. The molecule has 1 N–H and O–H groups in total. The molecule has 0 radical (unpaired) electrons. The Hall–Kier alpha value is -2.48. The van der Waals surface area contributed by atoms with Gasteiger partial charge in [0, 0.05) is 6.20 Å². The topological polar surface area (TPSA) is 55.7 Å². The number of nitrogens with zero attached hydrogens (tertiary/aromatic N) is 2. The molecule has 1 aromatic heterocycles. The number of hydrogen-bond donors (Lipinski definition) is 1. The number of hydrazone groups is 1. The van der Waals surface area contributed by atoms with Crippen LogP contribution in [-0.2, 0) is 6.18 Å². The first-order valence-electron chi connectivity index (χ1n) is 8.26. The molecule has 0 aliphatic rings. The first-order valence-corrected chi connectivity index (χ1v) is 8.64. The number of anilines is 1. The van der Waals surface area contributed by atoms with Crippen LogP contribution in [0.1, 0.15) is 31.4 Å². The molecule has 146 valence electrons. The van der Waals surface area contributed by atoms with Gasteiger partial charge in [0.15, 0.2) is 11.5 Å². The second-order valence-electron chi connectivity index (χ2n) is 5.41. The fourth-order valence-corrected chi connectivity index (χ4v) is 2.34. The molecule has 0 spiro atoms. The summed E-state index contributed by atoms with van der Waals surface area (Å²) < 4.78 is 48.7. The summed E-state index contributed by atoms with van der Waals surface area (Å²) in [6, 6.07) is 5.49. The van der Waals surface area contributed by atoms with Crippen LogP contribution in [-0.4, -0.2) is 24.4 Å². The van der Waals surface area contributed by atoms with Crippen LogP contribution in [0.25, 0.3) is 0 Å². The predicted octanol–water partition coefficient (Wildman–Crippen LogP) is 5.39. The lowest BCUT2D eigenvalue weighted by molar-refractivity contribution is -0.137. The van der Waals surface area contributed by atoms with E-state index in [0.717, 1.165) is 18.7 Å². The molecule has 5 nitrogen and oxygen atoms in total. The van der Waals surface area contributed by atoms with Crippen LogP contribution in [0.2, 0.25) is 5.02 Å². The Kier molecular flexibility index (Phi) is 7.29. The minimum absolute atomic E-state index is 0.179. The Morgan fingerprint density at radius 3 is 2.59 bits per heavy atom. The minimum atomic E-state index is -4.43. The van der Waals surface area contributed by atoms with Crippen molar-refractivity contribution in [3.63, 3.8) is 0 Å². The fourth-order valence-electron chi connectivity index (χ4n) is 2.07. The molecule has 2 rings (SSSR count). The Morgan fingerprint density at radius 2 is 2.00 bits per heavy atom. The smallest absolute Gasteiger partial charge is 0.417 e. The van der Waals surface area contributed by atoms with E-state index in [1.165, 1.54) is 12.3 Å². The first-order chi connectivity index (χ1) is 12.8. The molecule has 27 heavy (non-hydrogen) atoms. The Morgan fingerprint density at radius 1 is 1.22 bits per heavy atom. The van der Waals surface area contributed by atoms with Crippen molar-refractivity contribution in [1.82, 2.24) is 4.98 Å². The van der Waals surface area contributed by atoms with E-state index >= 15 is 0 Å². The predicted molar refractivity (Wildman–Crippen MR) is 98.9 cm³/mol. The summed E-state index contributed by atoms with van der Waals surface area (Å²) in [4.78, 5) is 3.67. The third kappa shape index (κ3) is 6.02. The zero-order valence-electron chi connectivity index (χ0n) is 14.8. The summed E-state index contributed by atoms with van der Waals surface area (Å²) in [6.07, 6.45) is -1.41. The van der Waals surface area contributed by atoms with Crippen molar-refractivity contribution in [1.29, 1.82) is 0 Å². The van der Waals surface area contributed by atoms with Crippen LogP contribution in [0.5, 0.6) is 11.5 Å². The molecule has 0 aliphatic carbocycles. The number of pyridine rings is 1. The average Bonchev–Trinajstić information content (AvgIpc) is 2.61. The minimum Gasteiger partial charge on any atom is -0.490 e. The van der Waals surface area contributed by atoms with E-state index in [4.69, 9.17) is 21.1 Å². The zero-order chi connectivity index (χ0) is 19.9. The monoisotopic (exact) mass is 401 g/mol. The van der Waals surface area contributed by atoms with E-state index in [9.17, 15) is 13.2 Å². The third-order valence-electron chi connectivity index (χ3n) is 3.27. The van der Waals surface area contributed by atoms with Crippen LogP contribution in [0.3, 0.4) is 0 Å². The van der Waals surface area contributed by atoms with E-state index in [1.807, 2.05) is 13.8 Å². The van der Waals surface area contributed by atoms with Gasteiger partial charge >= 0.3 is 6.18 Å². The van der Waals surface area contributed by atoms with Crippen molar-refractivity contribution < 1.29 is 22.6 Å². The van der Waals surface area contributed by atoms with Gasteiger partial charge in [-0.3, -0.25) is 5.43 Å². The van der Waals surface area contributed by atoms with Gasteiger partial charge in [-0.05, 0) is 43.2 Å². The van der Waals surface area contributed by atoms with Crippen molar-refractivity contribution in [2.75, 3.05) is 18.6 Å². The largest absolute Gasteiger partial charge is 0.490 e. The third-order valence-corrected chi connectivity index (χ3v) is 3.55. The lowest BCUT2D eigenvalue weighted by Crippen LogP contribution is -2.05. The molecule has 0 fully saturated rings. The highest BCUT2D eigenvalue weighted by Crippen LogP contribution is 2.36. The summed E-state index contributed by atoms with van der Waals surface area (Å²) in [5.41, 5.74) is 2.37. The summed E-state index contributed by atoms with van der Waals surface area (Å²) in [5, 5.41) is 4.34. The number of rotatable bonds is 8. The summed E-state index contributed by atoms with van der Waals surface area (Å²) >= 11 is 6.26. The van der Waals surface area contributed by atoms with Crippen LogP contribution in [0.4, 0.5) is 19.0 Å². The molecule has 1 aromatic carbocycles. The average molecular weight is 402 g/mol. The van der Waals surface area contributed by atoms with Gasteiger partial charge in [0.25, 0.3) is 0 Å². The van der Waals surface area contributed by atoms with Crippen LogP contribution >= 0.6 is 11.6 Å². The molecule has 0 unspecified atom stereocenters. The molecule has 0 amide bonds. The second-order valence-corrected chi connectivity index (χ2v) is 5.82. The Balaban J connectivity index is 2.11. The van der Waals surface area contributed by atoms with Gasteiger partial charge in [-0.2, -0.15) is 18.3 Å². The number of benzene rings is 1. The van der Waals surface area contributed by atoms with Gasteiger partial charge in [0.1, 0.15) is 5.82 Å². The number of nitrogens with one attached hydrogen (secondary N) is 1. The Bertz CT molecular complexity index is 781. The summed E-state index contributed by atoms with van der Waals surface area (Å²) in [7, 11) is 0. The maximum Gasteiger partial charge on any atom is 0.417 e. The van der Waals surface area contributed by atoms with Crippen LogP contribution in [0, 0.1) is 0 Å². The SMILES string of the molecule is CCCOc1c(Cl)cc(/C=N\Nc2ccc(C(F)(F)F)cn2)cc1OCC. The van der Waals surface area contributed by atoms with E-state index in [2.05, 4.69) is 15.5 Å². The molecular formula is C18H19ClF3N3O2. The molecular weight excluding hydrogens is 383 g/mol. The lowest BCUT2D eigenvalue weighted by Gasteiger charge is -2.13. The lowest BCUT2D eigenvalue weighted by atomic mass is 10.2. The van der Waals surface area contributed by atoms with Crippen molar-refractivity contribution in [3.05, 3.63) is 46.6 Å². The molecule has 0 saturated carbocycles. The quantitative estimate of drug-likeness (QED) is 0.476. The van der Waals surface area contributed by atoms with Crippen molar-refractivity contribution in [2.45, 2.75) is 26.4 Å². The number of hydrogen-bond acceptors (Lipinski definition) is 5. The molecule has 0 saturated heterocycles. The Labute approximate surface area is 160 Å². The van der Waals surface area contributed by atoms with Gasteiger partial charge in [0.05, 0.1) is 30.0 Å². The van der Waals surface area contributed by atoms with Gasteiger partial charge in [-0.15, -0.1) is 0 Å².